The average Bonchev–Trinajstić information content (AvgIpc) is 2.47. The summed E-state index contributed by atoms with van der Waals surface area (Å²) in [6.45, 7) is 4.88. The van der Waals surface area contributed by atoms with Crippen LogP contribution in [0.3, 0.4) is 0 Å². The third-order valence-corrected chi connectivity index (χ3v) is 4.99. The highest BCUT2D eigenvalue weighted by Crippen LogP contribution is 2.55. The van der Waals surface area contributed by atoms with Crippen LogP contribution in [0.5, 0.6) is 0 Å². The van der Waals surface area contributed by atoms with Crippen molar-refractivity contribution in [2.45, 2.75) is 69.3 Å². The Balaban J connectivity index is 3.35. The van der Waals surface area contributed by atoms with Crippen molar-refractivity contribution < 1.29 is 54.2 Å². The summed E-state index contributed by atoms with van der Waals surface area (Å²) in [5.41, 5.74) is -8.96. The normalized spacial score (nSPS) is 22.7. The van der Waals surface area contributed by atoms with Crippen LogP contribution >= 0.6 is 0 Å². The number of esters is 1. The SMILES string of the molecule is C=C(C(=O)OC(C1CCC(C(C)(C)O)CC1)(C(F)(F)F)C(F)(F)F)C(F)(F)F. The van der Waals surface area contributed by atoms with Gasteiger partial charge in [0.05, 0.1) is 5.60 Å². The highest BCUT2D eigenvalue weighted by Gasteiger charge is 2.77. The van der Waals surface area contributed by atoms with Gasteiger partial charge in [-0.1, -0.05) is 6.58 Å². The molecule has 0 radical (unpaired) electrons. The number of ether oxygens (including phenoxy) is 1. The molecule has 1 aliphatic rings. The van der Waals surface area contributed by atoms with E-state index in [0.717, 1.165) is 0 Å². The quantitative estimate of drug-likeness (QED) is 0.384. The number of hydrogen-bond donors (Lipinski definition) is 1. The Hall–Kier alpha value is -1.46. The molecule has 0 unspecified atom stereocenters. The molecule has 164 valence electrons. The smallest absolute Gasteiger partial charge is 0.436 e. The topological polar surface area (TPSA) is 46.5 Å². The maximum atomic E-state index is 13.5. The van der Waals surface area contributed by atoms with Crippen molar-refractivity contribution in [3.05, 3.63) is 12.2 Å². The first-order valence-corrected chi connectivity index (χ1v) is 8.10. The molecule has 0 atom stereocenters. The predicted octanol–water partition coefficient (Wildman–Crippen LogP) is 5.09. The number of rotatable bonds is 4. The van der Waals surface area contributed by atoms with E-state index < -0.39 is 66.0 Å². The molecule has 12 heteroatoms. The summed E-state index contributed by atoms with van der Waals surface area (Å²) in [5.74, 6) is -5.83. The molecule has 0 bridgehead atoms. The molecule has 0 aromatic rings. The number of aliphatic hydroxyl groups is 1. The lowest BCUT2D eigenvalue weighted by Gasteiger charge is -2.46. The van der Waals surface area contributed by atoms with Gasteiger partial charge < -0.3 is 9.84 Å². The van der Waals surface area contributed by atoms with Crippen LogP contribution in [0.1, 0.15) is 39.5 Å². The lowest BCUT2D eigenvalue weighted by molar-refractivity contribution is -0.388. The Kier molecular flexibility index (Phi) is 6.51. The van der Waals surface area contributed by atoms with Crippen LogP contribution in [-0.4, -0.2) is 40.8 Å². The molecule has 0 aromatic carbocycles. The Morgan fingerprint density at radius 3 is 1.50 bits per heavy atom. The summed E-state index contributed by atoms with van der Waals surface area (Å²) in [5, 5.41) is 9.89. The molecular formula is C16H19F9O3. The summed E-state index contributed by atoms with van der Waals surface area (Å²) in [6, 6.07) is 0. The first-order chi connectivity index (χ1) is 12.2. The Bertz CT molecular complexity index is 574. The van der Waals surface area contributed by atoms with Gasteiger partial charge in [0.1, 0.15) is 5.57 Å². The largest absolute Gasteiger partial charge is 0.437 e. The zero-order chi connectivity index (χ0) is 22.3. The molecule has 0 amide bonds. The number of halogens is 9. The maximum Gasteiger partial charge on any atom is 0.437 e. The minimum absolute atomic E-state index is 0.264. The third-order valence-electron chi connectivity index (χ3n) is 4.99. The van der Waals surface area contributed by atoms with Crippen molar-refractivity contribution in [3.63, 3.8) is 0 Å². The highest BCUT2D eigenvalue weighted by atomic mass is 19.4. The van der Waals surface area contributed by atoms with Gasteiger partial charge in [0, 0.05) is 5.92 Å². The van der Waals surface area contributed by atoms with Crippen molar-refractivity contribution >= 4 is 5.97 Å². The minimum atomic E-state index is -6.22. The monoisotopic (exact) mass is 430 g/mol. The molecule has 3 nitrogen and oxygen atoms in total. The van der Waals surface area contributed by atoms with Crippen LogP contribution in [0.2, 0.25) is 0 Å². The predicted molar refractivity (Wildman–Crippen MR) is 77.9 cm³/mol. The molecule has 0 aromatic heterocycles. The van der Waals surface area contributed by atoms with Crippen molar-refractivity contribution in [2.75, 3.05) is 0 Å². The second-order valence-corrected chi connectivity index (χ2v) is 7.30. The van der Waals surface area contributed by atoms with E-state index >= 15 is 0 Å². The molecule has 1 rings (SSSR count). The second-order valence-electron chi connectivity index (χ2n) is 7.30. The molecule has 1 fully saturated rings. The molecule has 1 N–H and O–H groups in total. The lowest BCUT2D eigenvalue weighted by atomic mass is 9.69. The van der Waals surface area contributed by atoms with Gasteiger partial charge >= 0.3 is 30.1 Å². The summed E-state index contributed by atoms with van der Waals surface area (Å²) >= 11 is 0. The summed E-state index contributed by atoms with van der Waals surface area (Å²) in [7, 11) is 0. The van der Waals surface area contributed by atoms with E-state index in [-0.39, 0.29) is 12.8 Å². The summed E-state index contributed by atoms with van der Waals surface area (Å²) in [4.78, 5) is 11.5. The van der Waals surface area contributed by atoms with Crippen molar-refractivity contribution in [1.82, 2.24) is 0 Å². The molecule has 0 spiro atoms. The molecule has 0 saturated heterocycles. The zero-order valence-corrected chi connectivity index (χ0v) is 14.9. The van der Waals surface area contributed by atoms with Crippen LogP contribution in [0.25, 0.3) is 0 Å². The van der Waals surface area contributed by atoms with Gasteiger partial charge in [0.15, 0.2) is 0 Å². The fourth-order valence-electron chi connectivity index (χ4n) is 3.35. The van der Waals surface area contributed by atoms with E-state index in [1.807, 2.05) is 0 Å². The average molecular weight is 430 g/mol. The van der Waals surface area contributed by atoms with Gasteiger partial charge in [-0.15, -0.1) is 0 Å². The van der Waals surface area contributed by atoms with E-state index in [0.29, 0.717) is 0 Å². The lowest BCUT2D eigenvalue weighted by Crippen LogP contribution is -2.65. The van der Waals surface area contributed by atoms with Gasteiger partial charge in [-0.25, -0.2) is 4.79 Å². The van der Waals surface area contributed by atoms with Crippen molar-refractivity contribution in [2.24, 2.45) is 11.8 Å². The third kappa shape index (κ3) is 4.74. The summed E-state index contributed by atoms with van der Waals surface area (Å²) in [6.07, 6.45) is -20.1. The molecule has 1 saturated carbocycles. The van der Waals surface area contributed by atoms with E-state index in [1.54, 1.807) is 0 Å². The van der Waals surface area contributed by atoms with Crippen LogP contribution < -0.4 is 0 Å². The molecular weight excluding hydrogens is 411 g/mol. The number of carbonyl (C=O) groups excluding carboxylic acids is 1. The molecule has 1 aliphatic carbocycles. The highest BCUT2D eigenvalue weighted by molar-refractivity contribution is 5.89. The van der Waals surface area contributed by atoms with Crippen LogP contribution in [-0.2, 0) is 9.53 Å². The van der Waals surface area contributed by atoms with E-state index in [2.05, 4.69) is 11.3 Å². The maximum absolute atomic E-state index is 13.5. The molecule has 0 heterocycles. The number of alkyl halides is 9. The molecule has 28 heavy (non-hydrogen) atoms. The Morgan fingerprint density at radius 2 is 1.21 bits per heavy atom. The van der Waals surface area contributed by atoms with Gasteiger partial charge in [-0.3, -0.25) is 0 Å². The first-order valence-electron chi connectivity index (χ1n) is 8.10. The minimum Gasteiger partial charge on any atom is -0.436 e. The van der Waals surface area contributed by atoms with E-state index in [1.165, 1.54) is 13.8 Å². The van der Waals surface area contributed by atoms with Crippen LogP contribution in [0, 0.1) is 11.8 Å². The van der Waals surface area contributed by atoms with E-state index in [9.17, 15) is 49.4 Å². The van der Waals surface area contributed by atoms with Gasteiger partial charge in [-0.05, 0) is 45.4 Å². The number of hydrogen-bond acceptors (Lipinski definition) is 3. The van der Waals surface area contributed by atoms with Gasteiger partial charge in [-0.2, -0.15) is 39.5 Å². The summed E-state index contributed by atoms with van der Waals surface area (Å²) < 4.78 is 122. The van der Waals surface area contributed by atoms with Crippen LogP contribution in [0.15, 0.2) is 12.2 Å². The van der Waals surface area contributed by atoms with Gasteiger partial charge in [0.25, 0.3) is 0 Å². The first kappa shape index (κ1) is 24.6. The standard InChI is InChI=1S/C16H19F9O3/c1-8(14(17,18)19)11(26)28-13(15(20,21)22,16(23,24)25)10-6-4-9(5-7-10)12(2,3)27/h9-10,27H,1,4-7H2,2-3H3. The van der Waals surface area contributed by atoms with Crippen molar-refractivity contribution in [3.8, 4) is 0 Å². The Labute approximate surface area is 154 Å². The van der Waals surface area contributed by atoms with Crippen LogP contribution in [0.4, 0.5) is 39.5 Å². The zero-order valence-electron chi connectivity index (χ0n) is 14.9. The van der Waals surface area contributed by atoms with Gasteiger partial charge in [0.2, 0.25) is 0 Å². The fraction of sp³-hybridized carbons (Fsp3) is 0.812. The fourth-order valence-corrected chi connectivity index (χ4v) is 3.35. The molecule has 0 aliphatic heterocycles. The second kappa shape index (κ2) is 7.42. The van der Waals surface area contributed by atoms with Crippen molar-refractivity contribution in [1.29, 1.82) is 0 Å². The number of carbonyl (C=O) groups is 1. The van der Waals surface area contributed by atoms with E-state index in [4.69, 9.17) is 0 Å². The Morgan fingerprint density at radius 1 is 0.857 bits per heavy atom.